The summed E-state index contributed by atoms with van der Waals surface area (Å²) in [7, 11) is 0. The molecule has 17 heavy (non-hydrogen) atoms. The van der Waals surface area contributed by atoms with Gasteiger partial charge in [-0.3, -0.25) is 9.20 Å². The largest absolute Gasteiger partial charge is 0.347 e. The van der Waals surface area contributed by atoms with Crippen LogP contribution in [0.15, 0.2) is 17.8 Å². The number of fused-ring (bicyclic) bond motifs is 1. The second kappa shape index (κ2) is 5.55. The van der Waals surface area contributed by atoms with E-state index in [-0.39, 0.29) is 11.9 Å². The number of hydrogen-bond acceptors (Lipinski definition) is 4. The second-order valence-electron chi connectivity index (χ2n) is 3.68. The third-order valence-electron chi connectivity index (χ3n) is 2.37. The van der Waals surface area contributed by atoms with Gasteiger partial charge in [-0.15, -0.1) is 11.3 Å². The molecular weight excluding hydrogens is 254 g/mol. The third-order valence-corrected chi connectivity index (χ3v) is 4.02. The van der Waals surface area contributed by atoms with Gasteiger partial charge in [-0.2, -0.15) is 11.8 Å². The molecule has 0 aromatic carbocycles. The minimum atomic E-state index is -0.0351. The Balaban J connectivity index is 1.97. The van der Waals surface area contributed by atoms with Crippen molar-refractivity contribution in [1.82, 2.24) is 14.7 Å². The number of imidazole rings is 1. The zero-order chi connectivity index (χ0) is 12.3. The molecule has 1 amide bonds. The lowest BCUT2D eigenvalue weighted by atomic mass is 10.2. The van der Waals surface area contributed by atoms with Crippen molar-refractivity contribution in [1.29, 1.82) is 0 Å². The summed E-state index contributed by atoms with van der Waals surface area (Å²) in [5, 5.41) is 4.94. The van der Waals surface area contributed by atoms with Crippen molar-refractivity contribution in [2.75, 3.05) is 11.5 Å². The van der Waals surface area contributed by atoms with Gasteiger partial charge in [-0.1, -0.05) is 6.92 Å². The maximum atomic E-state index is 11.6. The molecule has 0 spiro atoms. The summed E-state index contributed by atoms with van der Waals surface area (Å²) in [4.78, 5) is 17.0. The topological polar surface area (TPSA) is 46.4 Å². The first-order chi connectivity index (χ1) is 8.20. The van der Waals surface area contributed by atoms with Crippen molar-refractivity contribution in [2.24, 2.45) is 0 Å². The van der Waals surface area contributed by atoms with E-state index in [1.807, 2.05) is 36.0 Å². The molecule has 0 bridgehead atoms. The van der Waals surface area contributed by atoms with E-state index < -0.39 is 0 Å². The molecule has 0 saturated heterocycles. The first-order valence-electron chi connectivity index (χ1n) is 5.50. The number of nitrogens with zero attached hydrogens (tertiary/aromatic N) is 2. The predicted molar refractivity (Wildman–Crippen MR) is 72.6 cm³/mol. The predicted octanol–water partition coefficient (Wildman–Crippen LogP) is 2.33. The first kappa shape index (κ1) is 12.4. The van der Waals surface area contributed by atoms with E-state index in [4.69, 9.17) is 0 Å². The molecule has 1 unspecified atom stereocenters. The van der Waals surface area contributed by atoms with Gasteiger partial charge >= 0.3 is 0 Å². The van der Waals surface area contributed by atoms with E-state index in [2.05, 4.69) is 10.3 Å². The van der Waals surface area contributed by atoms with E-state index in [0.29, 0.717) is 5.75 Å². The number of carbonyl (C=O) groups is 1. The number of carbonyl (C=O) groups excluding carboxylic acids is 1. The Morgan fingerprint density at radius 3 is 3.24 bits per heavy atom. The number of rotatable bonds is 5. The highest BCUT2D eigenvalue weighted by Gasteiger charge is 2.13. The Morgan fingerprint density at radius 1 is 1.71 bits per heavy atom. The van der Waals surface area contributed by atoms with Gasteiger partial charge in [0.1, 0.15) is 0 Å². The summed E-state index contributed by atoms with van der Waals surface area (Å²) >= 11 is 3.22. The van der Waals surface area contributed by atoms with Gasteiger partial charge < -0.3 is 5.32 Å². The Morgan fingerprint density at radius 2 is 2.53 bits per heavy atom. The molecule has 92 valence electrons. The highest BCUT2D eigenvalue weighted by molar-refractivity contribution is 7.99. The van der Waals surface area contributed by atoms with Crippen LogP contribution in [0.4, 0.5) is 0 Å². The fourth-order valence-electron chi connectivity index (χ4n) is 1.51. The number of thioether (sulfide) groups is 1. The molecule has 0 radical (unpaired) electrons. The molecule has 0 fully saturated rings. The highest BCUT2D eigenvalue weighted by Crippen LogP contribution is 2.16. The zero-order valence-corrected chi connectivity index (χ0v) is 11.5. The number of aromatic nitrogens is 2. The summed E-state index contributed by atoms with van der Waals surface area (Å²) in [6.45, 7) is 4.01. The third kappa shape index (κ3) is 3.01. The number of hydrogen-bond donors (Lipinski definition) is 1. The van der Waals surface area contributed by atoms with Gasteiger partial charge in [0, 0.05) is 17.8 Å². The fraction of sp³-hybridized carbons (Fsp3) is 0.455. The first-order valence-corrected chi connectivity index (χ1v) is 7.53. The number of thiazole rings is 1. The fourth-order valence-corrected chi connectivity index (χ4v) is 2.69. The maximum Gasteiger partial charge on any atom is 0.230 e. The molecule has 4 nitrogen and oxygen atoms in total. The van der Waals surface area contributed by atoms with Crippen molar-refractivity contribution in [3.63, 3.8) is 0 Å². The average Bonchev–Trinajstić information content (AvgIpc) is 2.86. The number of amides is 1. The Bertz CT molecular complexity index is 477. The van der Waals surface area contributed by atoms with Crippen LogP contribution >= 0.6 is 23.1 Å². The normalized spacial score (nSPS) is 12.8. The highest BCUT2D eigenvalue weighted by atomic mass is 32.2. The van der Waals surface area contributed by atoms with E-state index >= 15 is 0 Å². The van der Waals surface area contributed by atoms with Gasteiger partial charge in [-0.25, -0.2) is 4.98 Å². The Kier molecular flexibility index (Phi) is 4.06. The molecule has 1 N–H and O–H groups in total. The van der Waals surface area contributed by atoms with Crippen LogP contribution in [0.25, 0.3) is 4.96 Å². The van der Waals surface area contributed by atoms with Crippen LogP contribution in [0, 0.1) is 0 Å². The molecule has 2 rings (SSSR count). The second-order valence-corrected chi connectivity index (χ2v) is 5.83. The van der Waals surface area contributed by atoms with Crippen LogP contribution in [0.5, 0.6) is 0 Å². The number of nitrogens with one attached hydrogen (secondary N) is 1. The van der Waals surface area contributed by atoms with Crippen molar-refractivity contribution >= 4 is 34.0 Å². The summed E-state index contributed by atoms with van der Waals surface area (Å²) in [5.41, 5.74) is 0.909. The molecule has 6 heteroatoms. The van der Waals surface area contributed by atoms with Gasteiger partial charge in [0.2, 0.25) is 5.91 Å². The molecule has 0 aliphatic rings. The molecule has 2 aromatic rings. The van der Waals surface area contributed by atoms with Crippen LogP contribution in [0.1, 0.15) is 25.6 Å². The van der Waals surface area contributed by atoms with Crippen molar-refractivity contribution < 1.29 is 4.79 Å². The molecule has 0 aliphatic carbocycles. The lowest BCUT2D eigenvalue weighted by Gasteiger charge is -2.10. The molecular formula is C11H15N3OS2. The lowest BCUT2D eigenvalue weighted by Crippen LogP contribution is -2.28. The smallest absolute Gasteiger partial charge is 0.230 e. The molecule has 0 saturated carbocycles. The summed E-state index contributed by atoms with van der Waals surface area (Å²) < 4.78 is 1.98. The Hall–Kier alpha value is -1.01. The van der Waals surface area contributed by atoms with Crippen LogP contribution < -0.4 is 5.32 Å². The summed E-state index contributed by atoms with van der Waals surface area (Å²) in [6, 6.07) is -0.0351. The molecule has 1 atom stereocenters. The minimum absolute atomic E-state index is 0.0351. The summed E-state index contributed by atoms with van der Waals surface area (Å²) in [6.07, 6.45) is 3.93. The van der Waals surface area contributed by atoms with Crippen molar-refractivity contribution in [2.45, 2.75) is 19.9 Å². The summed E-state index contributed by atoms with van der Waals surface area (Å²) in [5.74, 6) is 1.55. The van der Waals surface area contributed by atoms with Gasteiger partial charge in [0.15, 0.2) is 4.96 Å². The molecule has 0 aliphatic heterocycles. The van der Waals surface area contributed by atoms with E-state index in [0.717, 1.165) is 16.4 Å². The Labute approximate surface area is 108 Å². The van der Waals surface area contributed by atoms with E-state index in [1.165, 1.54) is 0 Å². The van der Waals surface area contributed by atoms with E-state index in [9.17, 15) is 4.79 Å². The average molecular weight is 269 g/mol. The monoisotopic (exact) mass is 269 g/mol. The molecule has 2 heterocycles. The zero-order valence-electron chi connectivity index (χ0n) is 9.84. The van der Waals surface area contributed by atoms with Crippen molar-refractivity contribution in [3.8, 4) is 0 Å². The van der Waals surface area contributed by atoms with Crippen LogP contribution in [-0.2, 0) is 4.79 Å². The molecule has 2 aromatic heterocycles. The standard InChI is InChI=1S/C11H15N3OS2/c1-3-16-7-10(15)12-8(2)9-6-14-4-5-17-11(14)13-9/h4-6,8H,3,7H2,1-2H3,(H,12,15). The quantitative estimate of drug-likeness (QED) is 0.906. The van der Waals surface area contributed by atoms with E-state index in [1.54, 1.807) is 23.1 Å². The van der Waals surface area contributed by atoms with Gasteiger partial charge in [0.25, 0.3) is 0 Å². The van der Waals surface area contributed by atoms with Gasteiger partial charge in [0.05, 0.1) is 17.5 Å². The van der Waals surface area contributed by atoms with Crippen molar-refractivity contribution in [3.05, 3.63) is 23.5 Å². The maximum absolute atomic E-state index is 11.6. The lowest BCUT2D eigenvalue weighted by molar-refractivity contribution is -0.119. The SMILES string of the molecule is CCSCC(=O)NC(C)c1cn2ccsc2n1. The van der Waals surface area contributed by atoms with Crippen LogP contribution in [0.3, 0.4) is 0 Å². The minimum Gasteiger partial charge on any atom is -0.347 e. The van der Waals surface area contributed by atoms with Crippen LogP contribution in [0.2, 0.25) is 0 Å². The van der Waals surface area contributed by atoms with Gasteiger partial charge in [-0.05, 0) is 12.7 Å². The van der Waals surface area contributed by atoms with Crippen LogP contribution in [-0.4, -0.2) is 26.8 Å².